The molecule has 0 aliphatic carbocycles. The van der Waals surface area contributed by atoms with Crippen LogP contribution in [-0.4, -0.2) is 0 Å². The van der Waals surface area contributed by atoms with E-state index in [9.17, 15) is 0 Å². The third-order valence-corrected chi connectivity index (χ3v) is 3.04. The van der Waals surface area contributed by atoms with Crippen LogP contribution >= 0.6 is 0 Å². The molecule has 0 fully saturated rings. The highest BCUT2D eigenvalue weighted by molar-refractivity contribution is 5.65. The Bertz CT molecular complexity index is 612. The molecular formula is C17H15NO. The van der Waals surface area contributed by atoms with Gasteiger partial charge >= 0.3 is 0 Å². The first-order valence-electron chi connectivity index (χ1n) is 6.33. The number of hydrogen-bond donors (Lipinski definition) is 1. The third-order valence-electron chi connectivity index (χ3n) is 3.04. The van der Waals surface area contributed by atoms with E-state index in [0.29, 0.717) is 6.54 Å². The van der Waals surface area contributed by atoms with Gasteiger partial charge in [-0.2, -0.15) is 0 Å². The van der Waals surface area contributed by atoms with Gasteiger partial charge in [0.15, 0.2) is 0 Å². The molecule has 19 heavy (non-hydrogen) atoms. The zero-order valence-corrected chi connectivity index (χ0v) is 10.5. The molecule has 2 heteroatoms. The van der Waals surface area contributed by atoms with E-state index in [-0.39, 0.29) is 0 Å². The monoisotopic (exact) mass is 249 g/mol. The van der Waals surface area contributed by atoms with Gasteiger partial charge in [-0.05, 0) is 35.4 Å². The quantitative estimate of drug-likeness (QED) is 0.733. The van der Waals surface area contributed by atoms with Gasteiger partial charge in [0.25, 0.3) is 0 Å². The number of anilines is 1. The van der Waals surface area contributed by atoms with Gasteiger partial charge in [-0.1, -0.05) is 42.5 Å². The van der Waals surface area contributed by atoms with Crippen molar-refractivity contribution in [3.8, 4) is 11.1 Å². The van der Waals surface area contributed by atoms with Crippen LogP contribution in [0, 0.1) is 0 Å². The molecule has 0 aliphatic rings. The normalized spacial score (nSPS) is 10.3. The van der Waals surface area contributed by atoms with Crippen LogP contribution in [0.4, 0.5) is 5.69 Å². The number of benzene rings is 2. The van der Waals surface area contributed by atoms with Crippen LogP contribution in [-0.2, 0) is 6.54 Å². The predicted octanol–water partition coefficient (Wildman–Crippen LogP) is 4.56. The topological polar surface area (TPSA) is 25.2 Å². The lowest BCUT2D eigenvalue weighted by atomic mass is 10.1. The van der Waals surface area contributed by atoms with Crippen LogP contribution in [0.5, 0.6) is 0 Å². The Morgan fingerprint density at radius 3 is 2.16 bits per heavy atom. The van der Waals surface area contributed by atoms with Crippen molar-refractivity contribution in [3.05, 3.63) is 78.8 Å². The Hall–Kier alpha value is -2.48. The SMILES string of the molecule is c1ccc(-c2ccc(NCc3ccco3)cc2)cc1. The van der Waals surface area contributed by atoms with E-state index in [1.165, 1.54) is 11.1 Å². The molecule has 0 radical (unpaired) electrons. The molecule has 2 nitrogen and oxygen atoms in total. The molecule has 2 aromatic carbocycles. The van der Waals surface area contributed by atoms with Crippen molar-refractivity contribution >= 4 is 5.69 Å². The van der Waals surface area contributed by atoms with Crippen LogP contribution in [0.25, 0.3) is 11.1 Å². The van der Waals surface area contributed by atoms with E-state index in [1.54, 1.807) is 6.26 Å². The van der Waals surface area contributed by atoms with Gasteiger partial charge in [0.05, 0.1) is 12.8 Å². The molecule has 0 saturated carbocycles. The maximum Gasteiger partial charge on any atom is 0.122 e. The lowest BCUT2D eigenvalue weighted by molar-refractivity contribution is 0.518. The second kappa shape index (κ2) is 5.44. The lowest BCUT2D eigenvalue weighted by Gasteiger charge is -2.06. The minimum atomic E-state index is 0.706. The highest BCUT2D eigenvalue weighted by atomic mass is 16.3. The Morgan fingerprint density at radius 1 is 0.737 bits per heavy atom. The molecule has 3 aromatic rings. The van der Waals surface area contributed by atoms with E-state index >= 15 is 0 Å². The van der Waals surface area contributed by atoms with Crippen molar-refractivity contribution in [2.75, 3.05) is 5.32 Å². The largest absolute Gasteiger partial charge is 0.467 e. The number of furan rings is 1. The first-order valence-corrected chi connectivity index (χ1v) is 6.33. The summed E-state index contributed by atoms with van der Waals surface area (Å²) in [4.78, 5) is 0. The summed E-state index contributed by atoms with van der Waals surface area (Å²) in [5, 5.41) is 3.33. The van der Waals surface area contributed by atoms with Gasteiger partial charge in [-0.25, -0.2) is 0 Å². The summed E-state index contributed by atoms with van der Waals surface area (Å²) in [6.45, 7) is 0.706. The fourth-order valence-electron chi connectivity index (χ4n) is 2.01. The van der Waals surface area contributed by atoms with Crippen LogP contribution < -0.4 is 5.32 Å². The standard InChI is InChI=1S/C17H15NO/c1-2-5-14(6-3-1)15-8-10-16(11-9-15)18-13-17-7-4-12-19-17/h1-12,18H,13H2. The first kappa shape index (κ1) is 11.6. The van der Waals surface area contributed by atoms with Gasteiger partial charge in [0.1, 0.15) is 5.76 Å². The molecule has 0 unspecified atom stereocenters. The highest BCUT2D eigenvalue weighted by Gasteiger charge is 1.98. The summed E-state index contributed by atoms with van der Waals surface area (Å²) in [5.41, 5.74) is 3.56. The lowest BCUT2D eigenvalue weighted by Crippen LogP contribution is -1.97. The van der Waals surface area contributed by atoms with Crippen LogP contribution in [0.2, 0.25) is 0 Å². The van der Waals surface area contributed by atoms with Crippen molar-refractivity contribution in [2.24, 2.45) is 0 Å². The molecule has 0 amide bonds. The van der Waals surface area contributed by atoms with E-state index in [2.05, 4.69) is 53.8 Å². The van der Waals surface area contributed by atoms with Crippen molar-refractivity contribution < 1.29 is 4.42 Å². The molecule has 1 heterocycles. The highest BCUT2D eigenvalue weighted by Crippen LogP contribution is 2.21. The molecule has 0 bridgehead atoms. The van der Waals surface area contributed by atoms with Gasteiger partial charge < -0.3 is 9.73 Å². The van der Waals surface area contributed by atoms with Crippen LogP contribution in [0.3, 0.4) is 0 Å². The summed E-state index contributed by atoms with van der Waals surface area (Å²) in [6, 6.07) is 22.7. The number of rotatable bonds is 4. The molecule has 0 spiro atoms. The van der Waals surface area contributed by atoms with E-state index in [0.717, 1.165) is 11.4 Å². The van der Waals surface area contributed by atoms with Crippen molar-refractivity contribution in [3.63, 3.8) is 0 Å². The Morgan fingerprint density at radius 2 is 1.47 bits per heavy atom. The number of nitrogens with one attached hydrogen (secondary N) is 1. The summed E-state index contributed by atoms with van der Waals surface area (Å²) in [6.07, 6.45) is 1.69. The van der Waals surface area contributed by atoms with Crippen LogP contribution in [0.1, 0.15) is 5.76 Å². The average Bonchev–Trinajstić information content (AvgIpc) is 3.00. The average molecular weight is 249 g/mol. The summed E-state index contributed by atoms with van der Waals surface area (Å²) in [5.74, 6) is 0.937. The van der Waals surface area contributed by atoms with Crippen LogP contribution in [0.15, 0.2) is 77.4 Å². The summed E-state index contributed by atoms with van der Waals surface area (Å²) in [7, 11) is 0. The first-order chi connectivity index (χ1) is 9.42. The van der Waals surface area contributed by atoms with Gasteiger partial charge in [0.2, 0.25) is 0 Å². The molecular weight excluding hydrogens is 234 g/mol. The van der Waals surface area contributed by atoms with Crippen molar-refractivity contribution in [2.45, 2.75) is 6.54 Å². The van der Waals surface area contributed by atoms with Crippen molar-refractivity contribution in [1.29, 1.82) is 0 Å². The fraction of sp³-hybridized carbons (Fsp3) is 0.0588. The smallest absolute Gasteiger partial charge is 0.122 e. The fourth-order valence-corrected chi connectivity index (χ4v) is 2.01. The molecule has 3 rings (SSSR count). The molecule has 0 aliphatic heterocycles. The minimum absolute atomic E-state index is 0.706. The maximum absolute atomic E-state index is 5.29. The maximum atomic E-state index is 5.29. The second-order valence-corrected chi connectivity index (χ2v) is 4.38. The van der Waals surface area contributed by atoms with E-state index < -0.39 is 0 Å². The molecule has 0 saturated heterocycles. The predicted molar refractivity (Wildman–Crippen MR) is 77.9 cm³/mol. The molecule has 1 aromatic heterocycles. The summed E-state index contributed by atoms with van der Waals surface area (Å²) < 4.78 is 5.29. The zero-order valence-electron chi connectivity index (χ0n) is 10.5. The van der Waals surface area contributed by atoms with E-state index in [4.69, 9.17) is 4.42 Å². The Labute approximate surface area is 112 Å². The Kier molecular flexibility index (Phi) is 3.32. The second-order valence-electron chi connectivity index (χ2n) is 4.38. The number of hydrogen-bond acceptors (Lipinski definition) is 2. The van der Waals surface area contributed by atoms with Gasteiger partial charge in [0, 0.05) is 5.69 Å². The van der Waals surface area contributed by atoms with Gasteiger partial charge in [-0.3, -0.25) is 0 Å². The van der Waals surface area contributed by atoms with Crippen molar-refractivity contribution in [1.82, 2.24) is 0 Å². The van der Waals surface area contributed by atoms with E-state index in [1.807, 2.05) is 18.2 Å². The zero-order chi connectivity index (χ0) is 12.9. The third kappa shape index (κ3) is 2.86. The summed E-state index contributed by atoms with van der Waals surface area (Å²) >= 11 is 0. The molecule has 0 atom stereocenters. The Balaban J connectivity index is 1.69. The van der Waals surface area contributed by atoms with Gasteiger partial charge in [-0.15, -0.1) is 0 Å². The minimum Gasteiger partial charge on any atom is -0.467 e. The molecule has 1 N–H and O–H groups in total. The molecule has 94 valence electrons.